The molecule has 0 unspecified atom stereocenters. The molecule has 1 saturated heterocycles. The van der Waals surface area contributed by atoms with E-state index in [1.807, 2.05) is 6.07 Å². The standard InChI is InChI=1S/C11H14N2O3S/c14-10-4-7-12-8-9-13(17(12,15)16)11-5-2-1-3-6-11/h1-3,5-6,10H,4,7-9H2. The molecule has 1 aromatic carbocycles. The lowest BCUT2D eigenvalue weighted by molar-refractivity contribution is -0.107. The molecule has 0 aromatic heterocycles. The van der Waals surface area contributed by atoms with Crippen molar-refractivity contribution < 1.29 is 13.2 Å². The van der Waals surface area contributed by atoms with Crippen LogP contribution >= 0.6 is 0 Å². The first-order valence-electron chi connectivity index (χ1n) is 5.43. The smallest absolute Gasteiger partial charge is 0.303 e. The number of hydrogen-bond acceptors (Lipinski definition) is 3. The summed E-state index contributed by atoms with van der Waals surface area (Å²) in [5.74, 6) is 0. The zero-order valence-electron chi connectivity index (χ0n) is 9.32. The van der Waals surface area contributed by atoms with Crippen molar-refractivity contribution in [1.82, 2.24) is 4.31 Å². The van der Waals surface area contributed by atoms with Gasteiger partial charge in [0.15, 0.2) is 0 Å². The third-order valence-electron chi connectivity index (χ3n) is 2.70. The van der Waals surface area contributed by atoms with Gasteiger partial charge in [-0.2, -0.15) is 12.7 Å². The average molecular weight is 254 g/mol. The monoisotopic (exact) mass is 254 g/mol. The average Bonchev–Trinajstić information content (AvgIpc) is 2.63. The Balaban J connectivity index is 2.20. The van der Waals surface area contributed by atoms with Crippen LogP contribution in [0.25, 0.3) is 0 Å². The molecule has 0 aliphatic carbocycles. The molecule has 0 saturated carbocycles. The molecular weight excluding hydrogens is 240 g/mol. The van der Waals surface area contributed by atoms with Crippen molar-refractivity contribution in [3.63, 3.8) is 0 Å². The van der Waals surface area contributed by atoms with Crippen LogP contribution in [0.1, 0.15) is 6.42 Å². The number of benzene rings is 1. The quantitative estimate of drug-likeness (QED) is 0.741. The molecule has 1 fully saturated rings. The molecule has 1 aliphatic rings. The Kier molecular flexibility index (Phi) is 3.44. The number of anilines is 1. The van der Waals surface area contributed by atoms with Gasteiger partial charge in [-0.25, -0.2) is 0 Å². The van der Waals surface area contributed by atoms with E-state index in [1.54, 1.807) is 24.3 Å². The van der Waals surface area contributed by atoms with Crippen LogP contribution in [0.2, 0.25) is 0 Å². The summed E-state index contributed by atoms with van der Waals surface area (Å²) < 4.78 is 27.0. The molecule has 2 rings (SSSR count). The van der Waals surface area contributed by atoms with Crippen molar-refractivity contribution in [3.8, 4) is 0 Å². The largest absolute Gasteiger partial charge is 0.304 e. The Morgan fingerprint density at radius 2 is 1.88 bits per heavy atom. The maximum absolute atomic E-state index is 12.1. The summed E-state index contributed by atoms with van der Waals surface area (Å²) in [4.78, 5) is 10.3. The maximum Gasteiger partial charge on any atom is 0.304 e. The molecule has 0 radical (unpaired) electrons. The minimum Gasteiger partial charge on any atom is -0.303 e. The molecule has 17 heavy (non-hydrogen) atoms. The van der Waals surface area contributed by atoms with E-state index in [-0.39, 0.29) is 13.0 Å². The first-order valence-corrected chi connectivity index (χ1v) is 6.82. The lowest BCUT2D eigenvalue weighted by atomic mass is 10.3. The van der Waals surface area contributed by atoms with Crippen molar-refractivity contribution in [1.29, 1.82) is 0 Å². The Hall–Kier alpha value is -1.40. The summed E-state index contributed by atoms with van der Waals surface area (Å²) in [6, 6.07) is 8.98. The van der Waals surface area contributed by atoms with Crippen molar-refractivity contribution in [2.45, 2.75) is 6.42 Å². The second kappa shape index (κ2) is 4.85. The zero-order chi connectivity index (χ0) is 12.3. The van der Waals surface area contributed by atoms with Gasteiger partial charge in [0, 0.05) is 26.1 Å². The first kappa shape index (κ1) is 12.1. The second-order valence-corrected chi connectivity index (χ2v) is 5.62. The number of carbonyl (C=O) groups is 1. The second-order valence-electron chi connectivity index (χ2n) is 3.77. The third-order valence-corrected chi connectivity index (χ3v) is 4.67. The van der Waals surface area contributed by atoms with E-state index >= 15 is 0 Å². The van der Waals surface area contributed by atoms with Gasteiger partial charge in [0.1, 0.15) is 6.29 Å². The molecule has 92 valence electrons. The Labute approximate surface area is 101 Å². The number of aldehydes is 1. The van der Waals surface area contributed by atoms with Crippen LogP contribution < -0.4 is 4.31 Å². The molecule has 1 aromatic rings. The topological polar surface area (TPSA) is 57.7 Å². The van der Waals surface area contributed by atoms with E-state index < -0.39 is 10.2 Å². The van der Waals surface area contributed by atoms with Crippen molar-refractivity contribution in [2.24, 2.45) is 0 Å². The molecular formula is C11H14N2O3S. The molecule has 0 N–H and O–H groups in total. The molecule has 6 heteroatoms. The van der Waals surface area contributed by atoms with E-state index in [0.717, 1.165) is 6.29 Å². The summed E-state index contributed by atoms with van der Waals surface area (Å²) >= 11 is 0. The van der Waals surface area contributed by atoms with Gasteiger partial charge < -0.3 is 4.79 Å². The van der Waals surface area contributed by atoms with Crippen LogP contribution in [0, 0.1) is 0 Å². The number of hydrogen-bond donors (Lipinski definition) is 0. The predicted molar refractivity (Wildman–Crippen MR) is 65.0 cm³/mol. The fourth-order valence-electron chi connectivity index (χ4n) is 1.85. The van der Waals surface area contributed by atoms with Crippen LogP contribution in [0.4, 0.5) is 5.69 Å². The maximum atomic E-state index is 12.1. The zero-order valence-corrected chi connectivity index (χ0v) is 10.1. The Bertz CT molecular complexity index is 487. The van der Waals surface area contributed by atoms with Gasteiger partial charge in [0.05, 0.1) is 5.69 Å². The summed E-state index contributed by atoms with van der Waals surface area (Å²) in [7, 11) is -3.45. The third kappa shape index (κ3) is 2.32. The first-order chi connectivity index (χ1) is 8.16. The Morgan fingerprint density at radius 3 is 2.53 bits per heavy atom. The van der Waals surface area contributed by atoms with Gasteiger partial charge >= 0.3 is 10.2 Å². The van der Waals surface area contributed by atoms with Gasteiger partial charge in [0.25, 0.3) is 0 Å². The van der Waals surface area contributed by atoms with Gasteiger partial charge in [-0.05, 0) is 12.1 Å². The molecule has 5 nitrogen and oxygen atoms in total. The fourth-order valence-corrected chi connectivity index (χ4v) is 3.48. The minimum atomic E-state index is -3.45. The number of carbonyl (C=O) groups excluding carboxylic acids is 1. The van der Waals surface area contributed by atoms with Crippen LogP contribution in [-0.2, 0) is 15.0 Å². The normalized spacial score (nSPS) is 19.4. The van der Waals surface area contributed by atoms with Crippen molar-refractivity contribution in [2.75, 3.05) is 23.9 Å². The summed E-state index contributed by atoms with van der Waals surface area (Å²) in [6.45, 7) is 1.13. The van der Waals surface area contributed by atoms with Crippen molar-refractivity contribution in [3.05, 3.63) is 30.3 Å². The summed E-state index contributed by atoms with van der Waals surface area (Å²) in [6.07, 6.45) is 0.975. The number of rotatable bonds is 4. The summed E-state index contributed by atoms with van der Waals surface area (Å²) in [5.41, 5.74) is 0.668. The lowest BCUT2D eigenvalue weighted by Gasteiger charge is -2.19. The van der Waals surface area contributed by atoms with E-state index in [2.05, 4.69) is 0 Å². The van der Waals surface area contributed by atoms with Gasteiger partial charge in [-0.1, -0.05) is 18.2 Å². The highest BCUT2D eigenvalue weighted by atomic mass is 32.2. The highest BCUT2D eigenvalue weighted by Gasteiger charge is 2.35. The van der Waals surface area contributed by atoms with E-state index in [0.29, 0.717) is 18.8 Å². The minimum absolute atomic E-state index is 0.238. The van der Waals surface area contributed by atoms with Gasteiger partial charge in [-0.15, -0.1) is 0 Å². The summed E-state index contributed by atoms with van der Waals surface area (Å²) in [5, 5.41) is 0. The van der Waals surface area contributed by atoms with Crippen LogP contribution in [0.15, 0.2) is 30.3 Å². The molecule has 0 spiro atoms. The predicted octanol–water partition coefficient (Wildman–Crippen LogP) is 0.642. The number of para-hydroxylation sites is 1. The molecule has 1 aliphatic heterocycles. The fraction of sp³-hybridized carbons (Fsp3) is 0.364. The van der Waals surface area contributed by atoms with Gasteiger partial charge in [-0.3, -0.25) is 4.31 Å². The van der Waals surface area contributed by atoms with E-state index in [1.165, 1.54) is 8.61 Å². The van der Waals surface area contributed by atoms with Crippen LogP contribution in [-0.4, -0.2) is 38.6 Å². The molecule has 0 amide bonds. The molecule has 0 atom stereocenters. The highest BCUT2D eigenvalue weighted by molar-refractivity contribution is 7.90. The number of nitrogens with zero attached hydrogens (tertiary/aromatic N) is 2. The molecule has 0 bridgehead atoms. The lowest BCUT2D eigenvalue weighted by Crippen LogP contribution is -2.33. The van der Waals surface area contributed by atoms with Gasteiger partial charge in [0.2, 0.25) is 0 Å². The van der Waals surface area contributed by atoms with E-state index in [4.69, 9.17) is 0 Å². The molecule has 1 heterocycles. The highest BCUT2D eigenvalue weighted by Crippen LogP contribution is 2.24. The van der Waals surface area contributed by atoms with Crippen LogP contribution in [0.5, 0.6) is 0 Å². The van der Waals surface area contributed by atoms with E-state index in [9.17, 15) is 13.2 Å². The van der Waals surface area contributed by atoms with Crippen LogP contribution in [0.3, 0.4) is 0 Å². The van der Waals surface area contributed by atoms with Crippen molar-refractivity contribution >= 4 is 22.2 Å². The SMILES string of the molecule is O=CCCN1CCN(c2ccccc2)S1(=O)=O. The Morgan fingerprint density at radius 1 is 1.18 bits per heavy atom.